The van der Waals surface area contributed by atoms with Crippen LogP contribution >= 0.6 is 0 Å². The minimum Gasteiger partial charge on any atom is -0.312 e. The summed E-state index contributed by atoms with van der Waals surface area (Å²) in [7, 11) is 0. The summed E-state index contributed by atoms with van der Waals surface area (Å²) in [5.74, 6) is 0. The van der Waals surface area contributed by atoms with Crippen molar-refractivity contribution >= 4 is 0 Å². The lowest BCUT2D eigenvalue weighted by molar-refractivity contribution is 0.378. The van der Waals surface area contributed by atoms with E-state index in [4.69, 9.17) is 0 Å². The molecule has 1 aromatic rings. The summed E-state index contributed by atoms with van der Waals surface area (Å²) in [6.45, 7) is 14.5. The maximum absolute atomic E-state index is 4.59. The third-order valence-corrected chi connectivity index (χ3v) is 3.31. The quantitative estimate of drug-likeness (QED) is 0.780. The van der Waals surface area contributed by atoms with Gasteiger partial charge in [0.1, 0.15) is 0 Å². The molecule has 0 bridgehead atoms. The predicted octanol–water partition coefficient (Wildman–Crippen LogP) is 4.38. The standard InChI is InChI=1S/C18H32N2/c1-17(2,3)12-11-15-9-10-16(19-14-15)8-7-13-20-18(4,5)6/h9-10,14,20H,7-8,11-13H2,1-6H3. The fourth-order valence-electron chi connectivity index (χ4n) is 2.00. The molecule has 0 atom stereocenters. The number of nitrogens with zero attached hydrogens (tertiary/aromatic N) is 1. The number of nitrogens with one attached hydrogen (secondary N) is 1. The van der Waals surface area contributed by atoms with Crippen LogP contribution in [-0.4, -0.2) is 17.1 Å². The first kappa shape index (κ1) is 17.2. The van der Waals surface area contributed by atoms with Gasteiger partial charge in [0.25, 0.3) is 0 Å². The Morgan fingerprint density at radius 2 is 1.70 bits per heavy atom. The van der Waals surface area contributed by atoms with Crippen molar-refractivity contribution in [1.29, 1.82) is 0 Å². The molecule has 0 amide bonds. The van der Waals surface area contributed by atoms with Gasteiger partial charge in [-0.25, -0.2) is 0 Å². The highest BCUT2D eigenvalue weighted by atomic mass is 14.9. The summed E-state index contributed by atoms with van der Waals surface area (Å²) in [5.41, 5.74) is 3.18. The van der Waals surface area contributed by atoms with Gasteiger partial charge in [0.2, 0.25) is 0 Å². The third kappa shape index (κ3) is 8.31. The van der Waals surface area contributed by atoms with Crippen molar-refractivity contribution < 1.29 is 0 Å². The van der Waals surface area contributed by atoms with Crippen LogP contribution in [0.2, 0.25) is 0 Å². The first-order valence-corrected chi connectivity index (χ1v) is 7.85. The predicted molar refractivity (Wildman–Crippen MR) is 88.1 cm³/mol. The van der Waals surface area contributed by atoms with Gasteiger partial charge in [0.05, 0.1) is 0 Å². The number of hydrogen-bond acceptors (Lipinski definition) is 2. The molecule has 0 radical (unpaired) electrons. The van der Waals surface area contributed by atoms with Crippen molar-refractivity contribution in [3.05, 3.63) is 29.6 Å². The third-order valence-electron chi connectivity index (χ3n) is 3.31. The van der Waals surface area contributed by atoms with E-state index in [1.807, 2.05) is 0 Å². The maximum atomic E-state index is 4.59. The lowest BCUT2D eigenvalue weighted by Gasteiger charge is -2.20. The fraction of sp³-hybridized carbons (Fsp3) is 0.722. The van der Waals surface area contributed by atoms with Gasteiger partial charge in [-0.15, -0.1) is 0 Å². The maximum Gasteiger partial charge on any atom is 0.0404 e. The van der Waals surface area contributed by atoms with Crippen molar-refractivity contribution in [3.63, 3.8) is 0 Å². The molecular formula is C18H32N2. The Morgan fingerprint density at radius 1 is 1.00 bits per heavy atom. The molecule has 1 heterocycles. The summed E-state index contributed by atoms with van der Waals surface area (Å²) in [6.07, 6.45) is 6.60. The first-order chi connectivity index (χ1) is 9.16. The van der Waals surface area contributed by atoms with Gasteiger partial charge in [-0.1, -0.05) is 26.8 Å². The Balaban J connectivity index is 2.32. The lowest BCUT2D eigenvalue weighted by atomic mass is 9.89. The number of hydrogen-bond donors (Lipinski definition) is 1. The van der Waals surface area contributed by atoms with Crippen LogP contribution in [0.25, 0.3) is 0 Å². The highest BCUT2D eigenvalue weighted by Gasteiger charge is 2.10. The molecular weight excluding hydrogens is 244 g/mol. The summed E-state index contributed by atoms with van der Waals surface area (Å²) in [6, 6.07) is 4.43. The zero-order chi connectivity index (χ0) is 15.2. The Labute approximate surface area is 125 Å². The van der Waals surface area contributed by atoms with Gasteiger partial charge in [-0.05, 0) is 70.0 Å². The fourth-order valence-corrected chi connectivity index (χ4v) is 2.00. The number of rotatable bonds is 6. The topological polar surface area (TPSA) is 24.9 Å². The van der Waals surface area contributed by atoms with Crippen molar-refractivity contribution in [3.8, 4) is 0 Å². The van der Waals surface area contributed by atoms with Gasteiger partial charge in [0, 0.05) is 17.4 Å². The summed E-state index contributed by atoms with van der Waals surface area (Å²) < 4.78 is 0. The highest BCUT2D eigenvalue weighted by molar-refractivity contribution is 5.14. The summed E-state index contributed by atoms with van der Waals surface area (Å²) >= 11 is 0. The summed E-state index contributed by atoms with van der Waals surface area (Å²) in [5, 5.41) is 3.51. The average Bonchev–Trinajstić information content (AvgIpc) is 2.31. The van der Waals surface area contributed by atoms with E-state index in [0.717, 1.165) is 25.8 Å². The number of aromatic nitrogens is 1. The molecule has 1 rings (SSSR count). The monoisotopic (exact) mass is 276 g/mol. The normalized spacial score (nSPS) is 12.7. The highest BCUT2D eigenvalue weighted by Crippen LogP contribution is 2.21. The van der Waals surface area contributed by atoms with Crippen LogP contribution in [0.1, 0.15) is 65.6 Å². The van der Waals surface area contributed by atoms with Crippen LogP contribution in [-0.2, 0) is 12.8 Å². The second-order valence-electron chi connectivity index (χ2n) is 8.00. The molecule has 0 saturated carbocycles. The van der Waals surface area contributed by atoms with Gasteiger partial charge >= 0.3 is 0 Å². The second kappa shape index (κ2) is 7.21. The molecule has 20 heavy (non-hydrogen) atoms. The van der Waals surface area contributed by atoms with Crippen LogP contribution in [0.3, 0.4) is 0 Å². The van der Waals surface area contributed by atoms with E-state index >= 15 is 0 Å². The van der Waals surface area contributed by atoms with Gasteiger partial charge < -0.3 is 5.32 Å². The molecule has 0 fully saturated rings. The average molecular weight is 276 g/mol. The Morgan fingerprint density at radius 3 is 2.20 bits per heavy atom. The Bertz CT molecular complexity index is 379. The molecule has 0 aliphatic carbocycles. The molecule has 1 aromatic heterocycles. The van der Waals surface area contributed by atoms with E-state index < -0.39 is 0 Å². The minimum absolute atomic E-state index is 0.213. The molecule has 0 saturated heterocycles. The molecule has 0 spiro atoms. The largest absolute Gasteiger partial charge is 0.312 e. The van der Waals surface area contributed by atoms with Crippen LogP contribution in [0, 0.1) is 5.41 Å². The summed E-state index contributed by atoms with van der Waals surface area (Å²) in [4.78, 5) is 4.59. The van der Waals surface area contributed by atoms with Crippen molar-refractivity contribution in [1.82, 2.24) is 10.3 Å². The Kier molecular flexibility index (Phi) is 6.19. The molecule has 0 aliphatic heterocycles. The van der Waals surface area contributed by atoms with Crippen LogP contribution < -0.4 is 5.32 Å². The van der Waals surface area contributed by atoms with E-state index in [0.29, 0.717) is 5.41 Å². The SMILES string of the molecule is CC(C)(C)CCc1ccc(CCCNC(C)(C)C)nc1. The van der Waals surface area contributed by atoms with Gasteiger partial charge in [-0.3, -0.25) is 4.98 Å². The zero-order valence-electron chi connectivity index (χ0n) is 14.2. The zero-order valence-corrected chi connectivity index (χ0v) is 14.2. The number of aryl methyl sites for hydroxylation is 2. The van der Waals surface area contributed by atoms with Crippen molar-refractivity contribution in [2.75, 3.05) is 6.54 Å². The lowest BCUT2D eigenvalue weighted by Crippen LogP contribution is -2.36. The van der Waals surface area contributed by atoms with E-state index in [1.165, 1.54) is 17.7 Å². The van der Waals surface area contributed by atoms with Crippen LogP contribution in [0.4, 0.5) is 0 Å². The van der Waals surface area contributed by atoms with E-state index in [9.17, 15) is 0 Å². The van der Waals surface area contributed by atoms with Crippen LogP contribution in [0.5, 0.6) is 0 Å². The molecule has 0 aliphatic rings. The first-order valence-electron chi connectivity index (χ1n) is 7.85. The molecule has 2 nitrogen and oxygen atoms in total. The molecule has 2 heteroatoms. The minimum atomic E-state index is 0.213. The molecule has 0 unspecified atom stereocenters. The molecule has 0 aromatic carbocycles. The molecule has 114 valence electrons. The van der Waals surface area contributed by atoms with E-state index in [2.05, 4.69) is 70.2 Å². The second-order valence-corrected chi connectivity index (χ2v) is 8.00. The smallest absolute Gasteiger partial charge is 0.0404 e. The van der Waals surface area contributed by atoms with E-state index in [-0.39, 0.29) is 5.54 Å². The van der Waals surface area contributed by atoms with Crippen molar-refractivity contribution in [2.45, 2.75) is 72.8 Å². The van der Waals surface area contributed by atoms with Gasteiger partial charge in [0.15, 0.2) is 0 Å². The van der Waals surface area contributed by atoms with Gasteiger partial charge in [-0.2, -0.15) is 0 Å². The Hall–Kier alpha value is -0.890. The van der Waals surface area contributed by atoms with E-state index in [1.54, 1.807) is 0 Å². The van der Waals surface area contributed by atoms with Crippen molar-refractivity contribution in [2.24, 2.45) is 5.41 Å². The molecule has 1 N–H and O–H groups in total. The number of pyridine rings is 1. The van der Waals surface area contributed by atoms with Crippen LogP contribution in [0.15, 0.2) is 18.3 Å².